The van der Waals surface area contributed by atoms with Crippen molar-refractivity contribution < 1.29 is 32.0 Å². The topological polar surface area (TPSA) is 99.1 Å². The number of benzene rings is 2. The minimum atomic E-state index is -4.23. The van der Waals surface area contributed by atoms with Crippen LogP contribution in [0.25, 0.3) is 0 Å². The number of carbonyl (C=O) groups is 1. The van der Waals surface area contributed by atoms with E-state index in [1.54, 1.807) is 12.1 Å². The summed E-state index contributed by atoms with van der Waals surface area (Å²) in [5.74, 6) is 0.675. The van der Waals surface area contributed by atoms with Crippen molar-refractivity contribution in [1.82, 2.24) is 0 Å². The number of esters is 1. The second-order valence-corrected chi connectivity index (χ2v) is 7.62. The Bertz CT molecular complexity index is 905. The van der Waals surface area contributed by atoms with Crippen molar-refractivity contribution in [3.8, 4) is 11.5 Å². The Kier molecular flexibility index (Phi) is 7.42. The molecule has 0 saturated heterocycles. The first kappa shape index (κ1) is 21.7. The van der Waals surface area contributed by atoms with Gasteiger partial charge >= 0.3 is 5.97 Å². The van der Waals surface area contributed by atoms with Gasteiger partial charge in [0, 0.05) is 0 Å². The van der Waals surface area contributed by atoms with Gasteiger partial charge in [0.1, 0.15) is 30.3 Å². The first-order valence-electron chi connectivity index (χ1n) is 8.81. The molecule has 2 aromatic carbocycles. The van der Waals surface area contributed by atoms with Crippen LogP contribution in [0.3, 0.4) is 0 Å². The van der Waals surface area contributed by atoms with E-state index in [1.165, 1.54) is 31.4 Å². The summed E-state index contributed by atoms with van der Waals surface area (Å²) >= 11 is 0. The minimum Gasteiger partial charge on any atom is -0.490 e. The van der Waals surface area contributed by atoms with Crippen LogP contribution in [0, 0.1) is 0 Å². The highest BCUT2D eigenvalue weighted by atomic mass is 32.2. The molecule has 1 atom stereocenters. The van der Waals surface area contributed by atoms with E-state index in [1.807, 2.05) is 6.07 Å². The Hall–Kier alpha value is -2.58. The molecule has 2 aromatic rings. The second-order valence-electron chi connectivity index (χ2n) is 6.20. The highest BCUT2D eigenvalue weighted by Crippen LogP contribution is 2.27. The number of rotatable bonds is 9. The molecule has 7 nitrogen and oxygen atoms in total. The van der Waals surface area contributed by atoms with Gasteiger partial charge in [-0.1, -0.05) is 19.9 Å². The van der Waals surface area contributed by atoms with Gasteiger partial charge < -0.3 is 14.2 Å². The molecule has 0 bridgehead atoms. The van der Waals surface area contributed by atoms with Crippen molar-refractivity contribution in [2.75, 3.05) is 20.3 Å². The summed E-state index contributed by atoms with van der Waals surface area (Å²) in [5.41, 5.74) is 1.39. The molecule has 0 aliphatic rings. The molecule has 0 fully saturated rings. The van der Waals surface area contributed by atoms with Gasteiger partial charge in [-0.25, -0.2) is 4.79 Å². The number of methoxy groups -OCH3 is 1. The summed E-state index contributed by atoms with van der Waals surface area (Å²) in [6.07, 6.45) is 0.949. The van der Waals surface area contributed by atoms with Gasteiger partial charge in [-0.05, 0) is 54.3 Å². The number of hydrogen-bond donors (Lipinski definition) is 1. The van der Waals surface area contributed by atoms with Crippen LogP contribution in [0.5, 0.6) is 11.5 Å². The molecule has 8 heteroatoms. The third-order valence-corrected chi connectivity index (χ3v) is 5.19. The van der Waals surface area contributed by atoms with E-state index in [0.717, 1.165) is 12.0 Å². The standard InChI is InChI=1S/C20H24O7S/c1-4-14(2)15-5-10-19(18(13-15)20(21)25-3)27-12-11-26-16-6-8-17(9-7-16)28(22,23)24/h5-10,13-14H,4,11-12H2,1-3H3,(H,22,23,24). The molecule has 152 valence electrons. The van der Waals surface area contributed by atoms with Crippen molar-refractivity contribution in [1.29, 1.82) is 0 Å². The number of carbonyl (C=O) groups excluding carboxylic acids is 1. The molecule has 1 N–H and O–H groups in total. The van der Waals surface area contributed by atoms with Gasteiger partial charge in [0.05, 0.1) is 12.0 Å². The number of ether oxygens (including phenoxy) is 3. The zero-order valence-corrected chi connectivity index (χ0v) is 16.9. The summed E-state index contributed by atoms with van der Waals surface area (Å²) < 4.78 is 47.0. The lowest BCUT2D eigenvalue weighted by Gasteiger charge is -2.15. The lowest BCUT2D eigenvalue weighted by molar-refractivity contribution is 0.0595. The predicted octanol–water partition coefficient (Wildman–Crippen LogP) is 3.69. The van der Waals surface area contributed by atoms with E-state index >= 15 is 0 Å². The maximum atomic E-state index is 12.1. The smallest absolute Gasteiger partial charge is 0.341 e. The lowest BCUT2D eigenvalue weighted by Crippen LogP contribution is -2.12. The van der Waals surface area contributed by atoms with E-state index < -0.39 is 16.1 Å². The van der Waals surface area contributed by atoms with E-state index in [2.05, 4.69) is 13.8 Å². The van der Waals surface area contributed by atoms with Gasteiger partial charge in [-0.15, -0.1) is 0 Å². The van der Waals surface area contributed by atoms with Crippen molar-refractivity contribution in [3.63, 3.8) is 0 Å². The van der Waals surface area contributed by atoms with Gasteiger partial charge in [0.15, 0.2) is 0 Å². The van der Waals surface area contributed by atoms with Crippen LogP contribution in [0.2, 0.25) is 0 Å². The molecule has 0 aromatic heterocycles. The van der Waals surface area contributed by atoms with E-state index in [9.17, 15) is 13.2 Å². The summed E-state index contributed by atoms with van der Waals surface area (Å²) in [5, 5.41) is 0. The van der Waals surface area contributed by atoms with Crippen molar-refractivity contribution in [2.24, 2.45) is 0 Å². The molecule has 2 rings (SSSR count). The van der Waals surface area contributed by atoms with Crippen molar-refractivity contribution in [2.45, 2.75) is 31.1 Å². The molecule has 0 amide bonds. The summed E-state index contributed by atoms with van der Waals surface area (Å²) in [7, 11) is -2.91. The molecular weight excluding hydrogens is 384 g/mol. The molecule has 0 saturated carbocycles. The van der Waals surface area contributed by atoms with Gasteiger partial charge in [-0.2, -0.15) is 8.42 Å². The maximum absolute atomic E-state index is 12.1. The van der Waals surface area contributed by atoms with Crippen LogP contribution in [0.4, 0.5) is 0 Å². The van der Waals surface area contributed by atoms with Crippen molar-refractivity contribution in [3.05, 3.63) is 53.6 Å². The second kappa shape index (κ2) is 9.57. The van der Waals surface area contributed by atoms with E-state index in [0.29, 0.717) is 23.0 Å². The SMILES string of the molecule is CCC(C)c1ccc(OCCOc2ccc(S(=O)(=O)O)cc2)c(C(=O)OC)c1. The fraction of sp³-hybridized carbons (Fsp3) is 0.350. The Balaban J connectivity index is 1.99. The summed E-state index contributed by atoms with van der Waals surface area (Å²) in [4.78, 5) is 11.9. The highest BCUT2D eigenvalue weighted by molar-refractivity contribution is 7.85. The van der Waals surface area contributed by atoms with Crippen LogP contribution in [-0.2, 0) is 14.9 Å². The normalized spacial score (nSPS) is 12.3. The molecule has 0 aliphatic heterocycles. The Labute approximate surface area is 165 Å². The predicted molar refractivity (Wildman–Crippen MR) is 104 cm³/mol. The Morgan fingerprint density at radius 1 is 1.07 bits per heavy atom. The van der Waals surface area contributed by atoms with Crippen LogP contribution >= 0.6 is 0 Å². The fourth-order valence-corrected chi connectivity index (χ4v) is 2.98. The molecule has 0 heterocycles. The molecule has 0 radical (unpaired) electrons. The zero-order chi connectivity index (χ0) is 20.7. The molecule has 28 heavy (non-hydrogen) atoms. The average molecular weight is 408 g/mol. The molecular formula is C20H24O7S. The van der Waals surface area contributed by atoms with Gasteiger partial charge in [0.25, 0.3) is 10.1 Å². The average Bonchev–Trinajstić information content (AvgIpc) is 2.69. The summed E-state index contributed by atoms with van der Waals surface area (Å²) in [6, 6.07) is 10.8. The summed E-state index contributed by atoms with van der Waals surface area (Å²) in [6.45, 7) is 4.51. The largest absolute Gasteiger partial charge is 0.490 e. The Morgan fingerprint density at radius 2 is 1.71 bits per heavy atom. The van der Waals surface area contributed by atoms with Crippen molar-refractivity contribution >= 4 is 16.1 Å². The van der Waals surface area contributed by atoms with Gasteiger partial charge in [0.2, 0.25) is 0 Å². The lowest BCUT2D eigenvalue weighted by atomic mass is 9.96. The van der Waals surface area contributed by atoms with E-state index in [-0.39, 0.29) is 18.1 Å². The quantitative estimate of drug-likeness (QED) is 0.384. The third-order valence-electron chi connectivity index (χ3n) is 4.32. The highest BCUT2D eigenvalue weighted by Gasteiger charge is 2.16. The minimum absolute atomic E-state index is 0.173. The van der Waals surface area contributed by atoms with Crippen LogP contribution in [-0.4, -0.2) is 39.3 Å². The van der Waals surface area contributed by atoms with Crippen LogP contribution < -0.4 is 9.47 Å². The van der Waals surface area contributed by atoms with E-state index in [4.69, 9.17) is 18.8 Å². The maximum Gasteiger partial charge on any atom is 0.341 e. The monoisotopic (exact) mass is 408 g/mol. The first-order valence-corrected chi connectivity index (χ1v) is 10.3. The molecule has 0 aliphatic carbocycles. The third kappa shape index (κ3) is 5.71. The number of hydrogen-bond acceptors (Lipinski definition) is 6. The van der Waals surface area contributed by atoms with Crippen LogP contribution in [0.1, 0.15) is 42.1 Å². The molecule has 0 spiro atoms. The van der Waals surface area contributed by atoms with Gasteiger partial charge in [-0.3, -0.25) is 4.55 Å². The zero-order valence-electron chi connectivity index (χ0n) is 16.0. The van der Waals surface area contributed by atoms with Crippen LogP contribution in [0.15, 0.2) is 47.4 Å². The molecule has 1 unspecified atom stereocenters. The Morgan fingerprint density at radius 3 is 2.29 bits per heavy atom. The first-order chi connectivity index (χ1) is 13.3. The fourth-order valence-electron chi connectivity index (χ4n) is 2.50.